The maximum Gasteiger partial charge on any atom is 0.390 e. The summed E-state index contributed by atoms with van der Waals surface area (Å²) in [5.41, 5.74) is 2.04. The fourth-order valence-corrected chi connectivity index (χ4v) is 2.32. The standard InChI is InChI=1S/C19H22F3N3O/c1-23-18(24-12-11-19(20,21)22)25-13-14-26-17-10-6-5-9-16(17)15-7-3-2-4-8-15/h2-10H,11-14H2,1H3,(H2,23,24,25). The monoisotopic (exact) mass is 365 g/mol. The van der Waals surface area contributed by atoms with Gasteiger partial charge in [0, 0.05) is 19.2 Å². The molecule has 0 amide bonds. The number of rotatable bonds is 7. The number of alkyl halides is 3. The summed E-state index contributed by atoms with van der Waals surface area (Å²) in [4.78, 5) is 3.89. The lowest BCUT2D eigenvalue weighted by molar-refractivity contribution is -0.132. The lowest BCUT2D eigenvalue weighted by Gasteiger charge is -2.14. The van der Waals surface area contributed by atoms with Crippen LogP contribution in [0.15, 0.2) is 59.6 Å². The van der Waals surface area contributed by atoms with Crippen molar-refractivity contribution in [1.82, 2.24) is 10.6 Å². The van der Waals surface area contributed by atoms with Gasteiger partial charge < -0.3 is 15.4 Å². The Labute approximate surface area is 151 Å². The van der Waals surface area contributed by atoms with Gasteiger partial charge in [0.15, 0.2) is 5.96 Å². The largest absolute Gasteiger partial charge is 0.491 e. The molecule has 2 aromatic carbocycles. The van der Waals surface area contributed by atoms with Crippen molar-refractivity contribution in [2.24, 2.45) is 4.99 Å². The first kappa shape index (κ1) is 19.6. The van der Waals surface area contributed by atoms with Gasteiger partial charge in [0.05, 0.1) is 13.0 Å². The first-order valence-electron chi connectivity index (χ1n) is 8.28. The highest BCUT2D eigenvalue weighted by Gasteiger charge is 2.26. The van der Waals surface area contributed by atoms with Gasteiger partial charge in [-0.1, -0.05) is 48.5 Å². The summed E-state index contributed by atoms with van der Waals surface area (Å²) in [6, 6.07) is 17.6. The Kier molecular flexibility index (Phi) is 7.32. The Morgan fingerprint density at radius 1 is 0.962 bits per heavy atom. The van der Waals surface area contributed by atoms with Crippen molar-refractivity contribution in [1.29, 1.82) is 0 Å². The van der Waals surface area contributed by atoms with E-state index in [1.807, 2.05) is 54.6 Å². The SMILES string of the molecule is CN=C(NCCOc1ccccc1-c1ccccc1)NCCC(F)(F)F. The van der Waals surface area contributed by atoms with Crippen molar-refractivity contribution < 1.29 is 17.9 Å². The van der Waals surface area contributed by atoms with Gasteiger partial charge in [-0.3, -0.25) is 4.99 Å². The first-order chi connectivity index (χ1) is 12.5. The van der Waals surface area contributed by atoms with Crippen molar-refractivity contribution in [3.05, 3.63) is 54.6 Å². The molecule has 7 heteroatoms. The van der Waals surface area contributed by atoms with E-state index in [9.17, 15) is 13.2 Å². The maximum atomic E-state index is 12.2. The minimum Gasteiger partial charge on any atom is -0.491 e. The van der Waals surface area contributed by atoms with Crippen LogP contribution in [0.1, 0.15) is 6.42 Å². The molecule has 0 aromatic heterocycles. The molecule has 0 aliphatic carbocycles. The highest BCUT2D eigenvalue weighted by molar-refractivity contribution is 5.79. The summed E-state index contributed by atoms with van der Waals surface area (Å²) in [6.45, 7) is 0.541. The van der Waals surface area contributed by atoms with Crippen LogP contribution < -0.4 is 15.4 Å². The molecule has 0 fully saturated rings. The molecule has 2 N–H and O–H groups in total. The van der Waals surface area contributed by atoms with Crippen molar-refractivity contribution in [2.45, 2.75) is 12.6 Å². The van der Waals surface area contributed by atoms with Gasteiger partial charge in [0.1, 0.15) is 12.4 Å². The highest BCUT2D eigenvalue weighted by Crippen LogP contribution is 2.29. The average Bonchev–Trinajstić information content (AvgIpc) is 2.64. The molecule has 140 valence electrons. The lowest BCUT2D eigenvalue weighted by atomic mass is 10.1. The Bertz CT molecular complexity index is 703. The molecular weight excluding hydrogens is 343 g/mol. The van der Waals surface area contributed by atoms with Gasteiger partial charge in [-0.2, -0.15) is 13.2 Å². The topological polar surface area (TPSA) is 45.7 Å². The second-order valence-electron chi connectivity index (χ2n) is 5.50. The summed E-state index contributed by atoms with van der Waals surface area (Å²) >= 11 is 0. The van der Waals surface area contributed by atoms with Crippen molar-refractivity contribution in [3.8, 4) is 16.9 Å². The van der Waals surface area contributed by atoms with Gasteiger partial charge in [-0.05, 0) is 11.6 Å². The number of halogens is 3. The number of ether oxygens (including phenoxy) is 1. The van der Waals surface area contributed by atoms with Crippen LogP contribution in [0, 0.1) is 0 Å². The van der Waals surface area contributed by atoms with Crippen LogP contribution in [0.25, 0.3) is 11.1 Å². The number of guanidine groups is 1. The van der Waals surface area contributed by atoms with Crippen LogP contribution >= 0.6 is 0 Å². The number of hydrogen-bond donors (Lipinski definition) is 2. The molecule has 0 saturated heterocycles. The summed E-state index contributed by atoms with van der Waals surface area (Å²) in [5.74, 6) is 1.06. The molecule has 0 atom stereocenters. The molecule has 2 aromatic rings. The minimum absolute atomic E-state index is 0.221. The third kappa shape index (κ3) is 6.66. The van der Waals surface area contributed by atoms with Crippen molar-refractivity contribution >= 4 is 5.96 Å². The summed E-state index contributed by atoms with van der Waals surface area (Å²) in [7, 11) is 1.51. The van der Waals surface area contributed by atoms with E-state index < -0.39 is 12.6 Å². The number of benzene rings is 2. The third-order valence-electron chi connectivity index (χ3n) is 3.55. The molecule has 0 heterocycles. The molecule has 0 aliphatic rings. The van der Waals surface area contributed by atoms with E-state index in [1.165, 1.54) is 7.05 Å². The molecule has 0 saturated carbocycles. The van der Waals surface area contributed by atoms with E-state index in [-0.39, 0.29) is 6.54 Å². The Hall–Kier alpha value is -2.70. The molecule has 0 aliphatic heterocycles. The molecule has 2 rings (SSSR count). The van der Waals surface area contributed by atoms with Crippen LogP contribution in [0.3, 0.4) is 0 Å². The Morgan fingerprint density at radius 3 is 2.31 bits per heavy atom. The molecular formula is C19H22F3N3O. The second-order valence-corrected chi connectivity index (χ2v) is 5.50. The fourth-order valence-electron chi connectivity index (χ4n) is 2.32. The predicted octanol–water partition coefficient (Wildman–Crippen LogP) is 3.85. The molecule has 0 radical (unpaired) electrons. The molecule has 0 unspecified atom stereocenters. The lowest BCUT2D eigenvalue weighted by Crippen LogP contribution is -2.40. The average molecular weight is 365 g/mol. The Balaban J connectivity index is 1.81. The van der Waals surface area contributed by atoms with Crippen LogP contribution in [-0.4, -0.2) is 38.9 Å². The summed E-state index contributed by atoms with van der Waals surface area (Å²) in [6.07, 6.45) is -5.09. The van der Waals surface area contributed by atoms with Gasteiger partial charge in [-0.15, -0.1) is 0 Å². The van der Waals surface area contributed by atoms with E-state index in [2.05, 4.69) is 15.6 Å². The van der Waals surface area contributed by atoms with E-state index in [1.54, 1.807) is 0 Å². The van der Waals surface area contributed by atoms with Crippen LogP contribution in [-0.2, 0) is 0 Å². The maximum absolute atomic E-state index is 12.2. The molecule has 0 spiro atoms. The highest BCUT2D eigenvalue weighted by atomic mass is 19.4. The summed E-state index contributed by atoms with van der Waals surface area (Å²) < 4.78 is 42.3. The first-order valence-corrected chi connectivity index (χ1v) is 8.28. The van der Waals surface area contributed by atoms with E-state index in [0.29, 0.717) is 19.1 Å². The van der Waals surface area contributed by atoms with Crippen LogP contribution in [0.5, 0.6) is 5.75 Å². The quantitative estimate of drug-likeness (QED) is 0.445. The zero-order chi connectivity index (χ0) is 18.8. The zero-order valence-corrected chi connectivity index (χ0v) is 14.5. The molecule has 26 heavy (non-hydrogen) atoms. The number of aliphatic imine (C=N–C) groups is 1. The minimum atomic E-state index is -4.18. The smallest absolute Gasteiger partial charge is 0.390 e. The Morgan fingerprint density at radius 2 is 1.62 bits per heavy atom. The summed E-state index contributed by atoms with van der Waals surface area (Å²) in [5, 5.41) is 5.56. The number of hydrogen-bond acceptors (Lipinski definition) is 2. The van der Waals surface area contributed by atoms with Gasteiger partial charge in [0.2, 0.25) is 0 Å². The second kappa shape index (κ2) is 9.70. The van der Waals surface area contributed by atoms with Crippen molar-refractivity contribution in [3.63, 3.8) is 0 Å². The van der Waals surface area contributed by atoms with Gasteiger partial charge in [0.25, 0.3) is 0 Å². The van der Waals surface area contributed by atoms with Crippen LogP contribution in [0.2, 0.25) is 0 Å². The molecule has 4 nitrogen and oxygen atoms in total. The van der Waals surface area contributed by atoms with Crippen molar-refractivity contribution in [2.75, 3.05) is 26.7 Å². The van der Waals surface area contributed by atoms with Gasteiger partial charge >= 0.3 is 6.18 Å². The number of nitrogens with one attached hydrogen (secondary N) is 2. The van der Waals surface area contributed by atoms with E-state index in [4.69, 9.17) is 4.74 Å². The number of nitrogens with zero attached hydrogens (tertiary/aromatic N) is 1. The third-order valence-corrected chi connectivity index (χ3v) is 3.55. The van der Waals surface area contributed by atoms with E-state index in [0.717, 1.165) is 16.9 Å². The predicted molar refractivity (Wildman–Crippen MR) is 97.4 cm³/mol. The molecule has 0 bridgehead atoms. The fraction of sp³-hybridized carbons (Fsp3) is 0.316. The normalized spacial score (nSPS) is 11.9. The zero-order valence-electron chi connectivity index (χ0n) is 14.5. The van der Waals surface area contributed by atoms with E-state index >= 15 is 0 Å². The van der Waals surface area contributed by atoms with Crippen LogP contribution in [0.4, 0.5) is 13.2 Å². The number of para-hydroxylation sites is 1. The van der Waals surface area contributed by atoms with Gasteiger partial charge in [-0.25, -0.2) is 0 Å².